The molecular formula is C48H68F2N8O6. The smallest absolute Gasteiger partial charge is 0.245 e. The third kappa shape index (κ3) is 12.0. The number of carbonyl (C=O) groups is 6. The number of unbranched alkanes of at least 4 members (excludes halogenated alkanes) is 3. The van der Waals surface area contributed by atoms with Crippen molar-refractivity contribution < 1.29 is 37.5 Å². The number of hydrogen-bond acceptors (Lipinski definition) is 8. The van der Waals surface area contributed by atoms with Crippen LogP contribution in [0.1, 0.15) is 125 Å². The number of likely N-dealkylation sites (N-methyl/N-ethyl adjacent to an activating group) is 2. The monoisotopic (exact) mass is 891 g/mol. The van der Waals surface area contributed by atoms with Gasteiger partial charge in [-0.3, -0.25) is 28.8 Å². The molecule has 2 aliphatic carbocycles. The van der Waals surface area contributed by atoms with Gasteiger partial charge in [-0.2, -0.15) is 0 Å². The van der Waals surface area contributed by atoms with Crippen molar-refractivity contribution in [1.82, 2.24) is 41.7 Å². The first-order chi connectivity index (χ1) is 30.8. The van der Waals surface area contributed by atoms with E-state index >= 15 is 8.78 Å². The van der Waals surface area contributed by atoms with Crippen LogP contribution >= 0.6 is 0 Å². The number of halogens is 2. The molecule has 6 N–H and O–H groups in total. The molecule has 2 heterocycles. The Morgan fingerprint density at radius 3 is 1.39 bits per heavy atom. The molecule has 14 nitrogen and oxygen atoms in total. The topological polar surface area (TPSA) is 181 Å². The van der Waals surface area contributed by atoms with Gasteiger partial charge in [-0.15, -0.1) is 0 Å². The van der Waals surface area contributed by atoms with E-state index < -0.39 is 84.0 Å². The van der Waals surface area contributed by atoms with Crippen molar-refractivity contribution in [3.63, 3.8) is 0 Å². The SMILES string of the molecule is CN[C@@H](C)C(=O)N[C@@H](CCCCCC[C@H](NC(=O)[C@H](C)NC)C(=O)N1C[C@@H](F)C[C@H]1C(=O)N[C@@H]1CCCc2ccccc21)C(=O)N1C[C@@H](F)C[C@H]1C(=O)N[C@@H]1CCCc2ccccc21. The van der Waals surface area contributed by atoms with Crippen LogP contribution in [0.2, 0.25) is 0 Å². The number of likely N-dealkylation sites (tertiary alicyclic amines) is 2. The fourth-order valence-electron chi connectivity index (χ4n) is 9.72. The standard InChI is InChI=1S/C48H68F2N8O6/c1-29(51-3)43(59)55-39(47(63)57-27-33(49)25-41(57)45(61)53-37-23-13-17-31-15-9-11-19-35(31)37)21-7-5-6-8-22-40(56-44(60)30(2)52-4)48(64)58-28-34(50)26-42(58)46(62)54-38-24-14-18-32-16-10-12-20-36(32)38/h9-12,15-16,19-20,29-30,33-34,37-42,51-52H,5-8,13-14,17-18,21-28H2,1-4H3,(H,53,61)(H,54,62)(H,55,59)(H,56,60)/t29-,30-,33-,34-,37+,38+,39-,40-,41-,42-/m0/s1. The maximum absolute atomic E-state index is 15.1. The zero-order valence-corrected chi connectivity index (χ0v) is 37.8. The van der Waals surface area contributed by atoms with E-state index in [1.54, 1.807) is 27.9 Å². The van der Waals surface area contributed by atoms with Crippen LogP contribution < -0.4 is 31.9 Å². The summed E-state index contributed by atoms with van der Waals surface area (Å²) in [6.07, 6.45) is 4.64. The maximum atomic E-state index is 15.1. The van der Waals surface area contributed by atoms with Crippen LogP contribution in [0.4, 0.5) is 8.78 Å². The Morgan fingerprint density at radius 2 is 1.00 bits per heavy atom. The van der Waals surface area contributed by atoms with Crippen molar-refractivity contribution in [3.8, 4) is 0 Å². The number of carbonyl (C=O) groups excluding carboxylic acids is 6. The molecule has 6 amide bonds. The van der Waals surface area contributed by atoms with E-state index in [9.17, 15) is 28.8 Å². The lowest BCUT2D eigenvalue weighted by Crippen LogP contribution is -2.55. The summed E-state index contributed by atoms with van der Waals surface area (Å²) >= 11 is 0. The molecule has 0 bridgehead atoms. The maximum Gasteiger partial charge on any atom is 0.245 e. The Hall–Kier alpha value is -4.96. The van der Waals surface area contributed by atoms with Gasteiger partial charge >= 0.3 is 0 Å². The molecule has 2 fully saturated rings. The molecule has 6 rings (SSSR count). The summed E-state index contributed by atoms with van der Waals surface area (Å²) in [7, 11) is 3.26. The van der Waals surface area contributed by atoms with Gasteiger partial charge in [-0.1, -0.05) is 74.2 Å². The molecule has 2 aliphatic heterocycles. The van der Waals surface area contributed by atoms with E-state index in [4.69, 9.17) is 0 Å². The van der Waals surface area contributed by atoms with E-state index in [1.165, 1.54) is 9.80 Å². The van der Waals surface area contributed by atoms with Crippen LogP contribution in [0.25, 0.3) is 0 Å². The van der Waals surface area contributed by atoms with Crippen LogP contribution in [-0.4, -0.2) is 121 Å². The van der Waals surface area contributed by atoms with Gasteiger partial charge < -0.3 is 41.7 Å². The second kappa shape index (κ2) is 22.8. The third-order valence-electron chi connectivity index (χ3n) is 13.7. The van der Waals surface area contributed by atoms with E-state index in [1.807, 2.05) is 48.5 Å². The molecule has 0 saturated carbocycles. The summed E-state index contributed by atoms with van der Waals surface area (Å²) in [4.78, 5) is 84.7. The Bertz CT molecular complexity index is 1830. The average molecular weight is 891 g/mol. The minimum atomic E-state index is -1.39. The van der Waals surface area contributed by atoms with Crippen LogP contribution in [-0.2, 0) is 41.6 Å². The van der Waals surface area contributed by atoms with Gasteiger partial charge in [-0.25, -0.2) is 8.78 Å². The second-order valence-electron chi connectivity index (χ2n) is 18.1. The number of benzene rings is 2. The molecule has 4 aliphatic rings. The largest absolute Gasteiger partial charge is 0.347 e. The Balaban J connectivity index is 1.07. The molecule has 0 unspecified atom stereocenters. The number of fused-ring (bicyclic) bond motifs is 2. The van der Waals surface area contributed by atoms with Gasteiger partial charge in [0.25, 0.3) is 0 Å². The lowest BCUT2D eigenvalue weighted by atomic mass is 9.87. The molecule has 350 valence electrons. The van der Waals surface area contributed by atoms with Gasteiger partial charge in [-0.05, 0) is 102 Å². The quantitative estimate of drug-likeness (QED) is 0.115. The predicted molar refractivity (Wildman–Crippen MR) is 239 cm³/mol. The number of hydrogen-bond donors (Lipinski definition) is 6. The van der Waals surface area contributed by atoms with Gasteiger partial charge in [0.05, 0.1) is 37.3 Å². The van der Waals surface area contributed by atoms with Crippen molar-refractivity contribution in [1.29, 1.82) is 0 Å². The lowest BCUT2D eigenvalue weighted by molar-refractivity contribution is -0.142. The first-order valence-electron chi connectivity index (χ1n) is 23.4. The second-order valence-corrected chi connectivity index (χ2v) is 18.1. The number of rotatable bonds is 19. The minimum absolute atomic E-state index is 0.132. The molecule has 64 heavy (non-hydrogen) atoms. The number of aryl methyl sites for hydroxylation is 2. The molecule has 0 spiro atoms. The first kappa shape index (κ1) is 48.5. The van der Waals surface area contributed by atoms with E-state index in [-0.39, 0.29) is 50.9 Å². The third-order valence-corrected chi connectivity index (χ3v) is 13.7. The zero-order valence-electron chi connectivity index (χ0n) is 37.8. The zero-order chi connectivity index (χ0) is 45.9. The van der Waals surface area contributed by atoms with E-state index in [2.05, 4.69) is 31.9 Å². The van der Waals surface area contributed by atoms with Crippen molar-refractivity contribution >= 4 is 35.4 Å². The summed E-state index contributed by atoms with van der Waals surface area (Å²) in [5, 5.41) is 17.6. The van der Waals surface area contributed by atoms with Crippen LogP contribution in [0.3, 0.4) is 0 Å². The highest BCUT2D eigenvalue weighted by Gasteiger charge is 2.44. The highest BCUT2D eigenvalue weighted by atomic mass is 19.1. The summed E-state index contributed by atoms with van der Waals surface area (Å²) < 4.78 is 30.2. The van der Waals surface area contributed by atoms with Crippen molar-refractivity contribution in [2.24, 2.45) is 0 Å². The molecular weight excluding hydrogens is 823 g/mol. The molecule has 0 aromatic heterocycles. The van der Waals surface area contributed by atoms with Gasteiger partial charge in [0, 0.05) is 12.8 Å². The Kier molecular flexibility index (Phi) is 17.3. The highest BCUT2D eigenvalue weighted by molar-refractivity contribution is 5.95. The van der Waals surface area contributed by atoms with Crippen molar-refractivity contribution in [3.05, 3.63) is 70.8 Å². The Labute approximate surface area is 376 Å². The molecule has 2 aromatic rings. The van der Waals surface area contributed by atoms with Crippen molar-refractivity contribution in [2.75, 3.05) is 27.2 Å². The molecule has 2 aromatic carbocycles. The van der Waals surface area contributed by atoms with Crippen LogP contribution in [0.5, 0.6) is 0 Å². The summed E-state index contributed by atoms with van der Waals surface area (Å²) in [6.45, 7) is 2.82. The first-order valence-corrected chi connectivity index (χ1v) is 23.4. The fraction of sp³-hybridized carbons (Fsp3) is 0.625. The summed E-state index contributed by atoms with van der Waals surface area (Å²) in [6, 6.07) is 10.1. The molecule has 2 saturated heterocycles. The summed E-state index contributed by atoms with van der Waals surface area (Å²) in [5.74, 6) is -2.67. The number of nitrogens with zero attached hydrogens (tertiary/aromatic N) is 2. The van der Waals surface area contributed by atoms with Gasteiger partial charge in [0.2, 0.25) is 35.4 Å². The van der Waals surface area contributed by atoms with Gasteiger partial charge in [0.1, 0.15) is 36.5 Å². The van der Waals surface area contributed by atoms with E-state index in [0.717, 1.165) is 60.8 Å². The average Bonchev–Trinajstić information content (AvgIpc) is 3.90. The van der Waals surface area contributed by atoms with E-state index in [0.29, 0.717) is 25.7 Å². The Morgan fingerprint density at radius 1 is 0.609 bits per heavy atom. The molecule has 16 heteroatoms. The number of nitrogens with one attached hydrogen (secondary N) is 6. The number of amides is 6. The van der Waals surface area contributed by atoms with Crippen LogP contribution in [0, 0.1) is 0 Å². The van der Waals surface area contributed by atoms with Gasteiger partial charge in [0.15, 0.2) is 0 Å². The highest BCUT2D eigenvalue weighted by Crippen LogP contribution is 2.33. The molecule has 0 radical (unpaired) electrons. The van der Waals surface area contributed by atoms with Crippen molar-refractivity contribution in [2.45, 2.75) is 164 Å². The van der Waals surface area contributed by atoms with Crippen LogP contribution in [0.15, 0.2) is 48.5 Å². The summed E-state index contributed by atoms with van der Waals surface area (Å²) in [5.41, 5.74) is 4.39. The minimum Gasteiger partial charge on any atom is -0.347 e. The molecule has 10 atom stereocenters. The number of alkyl halides is 2. The lowest BCUT2D eigenvalue weighted by Gasteiger charge is -2.32. The fourth-order valence-corrected chi connectivity index (χ4v) is 9.72. The normalized spacial score (nSPS) is 24.7. The predicted octanol–water partition coefficient (Wildman–Crippen LogP) is 3.78.